The van der Waals surface area contributed by atoms with Crippen LogP contribution in [0, 0.1) is 11.7 Å². The van der Waals surface area contributed by atoms with Crippen LogP contribution < -0.4 is 5.32 Å². The van der Waals surface area contributed by atoms with Crippen LogP contribution in [0.1, 0.15) is 25.7 Å². The van der Waals surface area contributed by atoms with Gasteiger partial charge in [0.2, 0.25) is 10.0 Å². The molecule has 1 aliphatic carbocycles. The molecular weight excluding hydrogens is 395 g/mol. The molecule has 0 radical (unpaired) electrons. The van der Waals surface area contributed by atoms with Crippen molar-refractivity contribution in [3.8, 4) is 0 Å². The summed E-state index contributed by atoms with van der Waals surface area (Å²) < 4.78 is 40.1. The Morgan fingerprint density at radius 3 is 2.52 bits per heavy atom. The third kappa shape index (κ3) is 4.90. The zero-order valence-corrected chi connectivity index (χ0v) is 17.4. The molecule has 9 heteroatoms. The SMILES string of the molecule is O=C(NCC1CCN(C2CC2)C1)N1CCCN(S(=O)(=O)c2ccc(F)cc2)CC1. The average Bonchev–Trinajstić information content (AvgIpc) is 3.49. The van der Waals surface area contributed by atoms with Crippen molar-refractivity contribution in [2.24, 2.45) is 5.92 Å². The lowest BCUT2D eigenvalue weighted by atomic mass is 10.1. The number of sulfonamides is 1. The Hall–Kier alpha value is -1.71. The topological polar surface area (TPSA) is 73.0 Å². The Morgan fingerprint density at radius 1 is 1.03 bits per heavy atom. The molecular formula is C20H29FN4O3S. The lowest BCUT2D eigenvalue weighted by molar-refractivity contribution is 0.198. The van der Waals surface area contributed by atoms with Crippen molar-refractivity contribution in [3.63, 3.8) is 0 Å². The van der Waals surface area contributed by atoms with E-state index in [9.17, 15) is 17.6 Å². The van der Waals surface area contributed by atoms with Crippen LogP contribution in [-0.4, -0.2) is 80.4 Å². The molecule has 0 aromatic heterocycles. The zero-order valence-electron chi connectivity index (χ0n) is 16.6. The highest BCUT2D eigenvalue weighted by Crippen LogP contribution is 2.31. The summed E-state index contributed by atoms with van der Waals surface area (Å²) in [6.45, 7) is 4.34. The van der Waals surface area contributed by atoms with Crippen LogP contribution in [0.15, 0.2) is 29.2 Å². The fourth-order valence-electron chi connectivity index (χ4n) is 4.24. The van der Waals surface area contributed by atoms with E-state index in [4.69, 9.17) is 0 Å². The van der Waals surface area contributed by atoms with E-state index in [2.05, 4.69) is 10.2 Å². The number of nitrogens with zero attached hydrogens (tertiary/aromatic N) is 3. The number of likely N-dealkylation sites (tertiary alicyclic amines) is 1. The molecule has 2 amide bonds. The minimum absolute atomic E-state index is 0.0817. The maximum absolute atomic E-state index is 13.1. The van der Waals surface area contributed by atoms with Gasteiger partial charge >= 0.3 is 6.03 Å². The molecule has 4 rings (SSSR count). The maximum atomic E-state index is 13.1. The molecule has 1 aromatic carbocycles. The van der Waals surface area contributed by atoms with E-state index >= 15 is 0 Å². The van der Waals surface area contributed by atoms with Crippen LogP contribution in [-0.2, 0) is 10.0 Å². The Bertz CT molecular complexity index is 829. The Morgan fingerprint density at radius 2 is 1.79 bits per heavy atom. The quantitative estimate of drug-likeness (QED) is 0.781. The van der Waals surface area contributed by atoms with Crippen molar-refractivity contribution in [3.05, 3.63) is 30.1 Å². The summed E-state index contributed by atoms with van der Waals surface area (Å²) in [5.41, 5.74) is 0. The number of halogens is 1. The van der Waals surface area contributed by atoms with Gasteiger partial charge in [0.25, 0.3) is 0 Å². The Balaban J connectivity index is 1.28. The number of urea groups is 1. The standard InChI is InChI=1S/C20H29FN4O3S/c21-17-2-6-19(7-3-17)29(27,28)25-10-1-9-23(12-13-25)20(26)22-14-16-8-11-24(15-16)18-4-5-18/h2-3,6-7,16,18H,1,4-5,8-15H2,(H,22,26). The average molecular weight is 425 g/mol. The second-order valence-electron chi connectivity index (χ2n) is 8.27. The first-order valence-corrected chi connectivity index (χ1v) is 11.9. The smallest absolute Gasteiger partial charge is 0.317 e. The number of carbonyl (C=O) groups excluding carboxylic acids is 1. The van der Waals surface area contributed by atoms with Gasteiger partial charge in [-0.05, 0) is 62.4 Å². The van der Waals surface area contributed by atoms with E-state index in [-0.39, 0.29) is 17.5 Å². The molecule has 1 N–H and O–H groups in total. The summed E-state index contributed by atoms with van der Waals surface area (Å²) in [5.74, 6) is 0.0343. The van der Waals surface area contributed by atoms with Gasteiger partial charge in [-0.2, -0.15) is 4.31 Å². The summed E-state index contributed by atoms with van der Waals surface area (Å²) in [6.07, 6.45) is 4.32. The molecule has 7 nitrogen and oxygen atoms in total. The number of hydrogen-bond acceptors (Lipinski definition) is 4. The summed E-state index contributed by atoms with van der Waals surface area (Å²) in [5, 5.41) is 3.04. The molecule has 1 saturated carbocycles. The number of nitrogens with one attached hydrogen (secondary N) is 1. The first-order valence-electron chi connectivity index (χ1n) is 10.5. The molecule has 2 saturated heterocycles. The van der Waals surface area contributed by atoms with E-state index in [0.717, 1.165) is 37.7 Å². The van der Waals surface area contributed by atoms with Gasteiger partial charge in [-0.25, -0.2) is 17.6 Å². The predicted molar refractivity (Wildman–Crippen MR) is 107 cm³/mol. The van der Waals surface area contributed by atoms with E-state index < -0.39 is 15.8 Å². The second-order valence-corrected chi connectivity index (χ2v) is 10.2. The summed E-state index contributed by atoms with van der Waals surface area (Å²) in [6, 6.07) is 5.53. The van der Waals surface area contributed by atoms with Gasteiger partial charge in [0, 0.05) is 45.3 Å². The van der Waals surface area contributed by atoms with Gasteiger partial charge in [-0.3, -0.25) is 0 Å². The lowest BCUT2D eigenvalue weighted by Crippen LogP contribution is -2.44. The van der Waals surface area contributed by atoms with Gasteiger partial charge in [0.05, 0.1) is 4.90 Å². The first-order chi connectivity index (χ1) is 13.9. The van der Waals surface area contributed by atoms with E-state index in [1.54, 1.807) is 4.90 Å². The van der Waals surface area contributed by atoms with Crippen molar-refractivity contribution in [1.29, 1.82) is 0 Å². The summed E-state index contributed by atoms with van der Waals surface area (Å²) in [4.78, 5) is 16.9. The van der Waals surface area contributed by atoms with Crippen molar-refractivity contribution in [2.45, 2.75) is 36.6 Å². The highest BCUT2D eigenvalue weighted by atomic mass is 32.2. The second kappa shape index (κ2) is 8.57. The number of amides is 2. The molecule has 1 unspecified atom stereocenters. The molecule has 3 fully saturated rings. The van der Waals surface area contributed by atoms with Crippen molar-refractivity contribution in [1.82, 2.24) is 19.4 Å². The van der Waals surface area contributed by atoms with Gasteiger partial charge in [0.15, 0.2) is 0 Å². The Kier molecular flexibility index (Phi) is 6.08. The number of rotatable bonds is 5. The highest BCUT2D eigenvalue weighted by Gasteiger charge is 2.34. The zero-order chi connectivity index (χ0) is 20.4. The molecule has 29 heavy (non-hydrogen) atoms. The van der Waals surface area contributed by atoms with Gasteiger partial charge < -0.3 is 15.1 Å². The molecule has 3 aliphatic rings. The molecule has 2 aliphatic heterocycles. The van der Waals surface area contributed by atoms with Crippen molar-refractivity contribution in [2.75, 3.05) is 45.8 Å². The van der Waals surface area contributed by atoms with Crippen LogP contribution in [0.2, 0.25) is 0 Å². The number of hydrogen-bond donors (Lipinski definition) is 1. The molecule has 1 atom stereocenters. The van der Waals surface area contributed by atoms with Crippen LogP contribution in [0.25, 0.3) is 0 Å². The van der Waals surface area contributed by atoms with E-state index in [1.807, 2.05) is 0 Å². The van der Waals surface area contributed by atoms with Crippen LogP contribution >= 0.6 is 0 Å². The van der Waals surface area contributed by atoms with Crippen LogP contribution in [0.5, 0.6) is 0 Å². The first kappa shape index (κ1) is 20.6. The summed E-state index contributed by atoms with van der Waals surface area (Å²) >= 11 is 0. The minimum atomic E-state index is -3.68. The monoisotopic (exact) mass is 424 g/mol. The van der Waals surface area contributed by atoms with E-state index in [1.165, 1.54) is 29.3 Å². The van der Waals surface area contributed by atoms with Crippen LogP contribution in [0.3, 0.4) is 0 Å². The predicted octanol–water partition coefficient (Wildman–Crippen LogP) is 1.72. The molecule has 0 bridgehead atoms. The molecule has 2 heterocycles. The number of carbonyl (C=O) groups is 1. The maximum Gasteiger partial charge on any atom is 0.317 e. The fraction of sp³-hybridized carbons (Fsp3) is 0.650. The van der Waals surface area contributed by atoms with Gasteiger partial charge in [-0.1, -0.05) is 0 Å². The largest absolute Gasteiger partial charge is 0.338 e. The van der Waals surface area contributed by atoms with Crippen molar-refractivity contribution < 1.29 is 17.6 Å². The lowest BCUT2D eigenvalue weighted by Gasteiger charge is -2.23. The molecule has 0 spiro atoms. The molecule has 1 aromatic rings. The third-order valence-corrected chi connectivity index (χ3v) is 8.03. The highest BCUT2D eigenvalue weighted by molar-refractivity contribution is 7.89. The molecule has 160 valence electrons. The minimum Gasteiger partial charge on any atom is -0.338 e. The van der Waals surface area contributed by atoms with Gasteiger partial charge in [0.1, 0.15) is 5.82 Å². The summed E-state index contributed by atoms with van der Waals surface area (Å²) in [7, 11) is -3.68. The normalized spacial score (nSPS) is 24.4. The van der Waals surface area contributed by atoms with Crippen molar-refractivity contribution >= 4 is 16.1 Å². The number of benzene rings is 1. The van der Waals surface area contributed by atoms with Gasteiger partial charge in [-0.15, -0.1) is 0 Å². The Labute approximate surface area is 171 Å². The van der Waals surface area contributed by atoms with E-state index in [0.29, 0.717) is 38.5 Å². The third-order valence-electron chi connectivity index (χ3n) is 6.12. The fourth-order valence-corrected chi connectivity index (χ4v) is 5.71. The van der Waals surface area contributed by atoms with Crippen LogP contribution in [0.4, 0.5) is 9.18 Å².